The molecule has 1 heterocycles. The van der Waals surface area contributed by atoms with Gasteiger partial charge in [0.15, 0.2) is 0 Å². The smallest absolute Gasteiger partial charge is 0.0678 e. The third kappa shape index (κ3) is 5.32. The molecule has 1 aromatic rings. The molecule has 2 heteroatoms. The molecule has 0 unspecified atom stereocenters. The average molecular weight is 318 g/mol. The summed E-state index contributed by atoms with van der Waals surface area (Å²) in [5, 5.41) is 0. The molecule has 1 saturated heterocycles. The van der Waals surface area contributed by atoms with Crippen LogP contribution in [-0.4, -0.2) is 36.7 Å². The number of benzene rings is 1. The Bertz CT molecular complexity index is 486. The van der Waals surface area contributed by atoms with Crippen molar-refractivity contribution >= 4 is 0 Å². The molecule has 1 aromatic carbocycles. The maximum absolute atomic E-state index is 5.84. The van der Waals surface area contributed by atoms with E-state index in [1.165, 1.54) is 24.1 Å². The lowest BCUT2D eigenvalue weighted by Crippen LogP contribution is -2.47. The summed E-state index contributed by atoms with van der Waals surface area (Å²) in [7, 11) is 0. The fraction of sp³-hybridized carbons (Fsp3) is 0.714. The summed E-state index contributed by atoms with van der Waals surface area (Å²) in [5.41, 5.74) is 3.22. The minimum Gasteiger partial charge on any atom is -0.373 e. The van der Waals surface area contributed by atoms with Gasteiger partial charge in [0.1, 0.15) is 0 Å². The Labute approximate surface area is 143 Å². The van der Waals surface area contributed by atoms with Crippen molar-refractivity contribution in [2.75, 3.05) is 19.6 Å². The zero-order valence-corrected chi connectivity index (χ0v) is 15.9. The highest BCUT2D eigenvalue weighted by molar-refractivity contribution is 5.29. The van der Waals surface area contributed by atoms with E-state index in [1.54, 1.807) is 0 Å². The molecular formula is C21H35NO. The molecule has 0 spiro atoms. The van der Waals surface area contributed by atoms with E-state index in [-0.39, 0.29) is 5.41 Å². The number of ether oxygens (including phenoxy) is 1. The van der Waals surface area contributed by atoms with Crippen molar-refractivity contribution in [2.24, 2.45) is 5.92 Å². The van der Waals surface area contributed by atoms with Crippen LogP contribution in [0, 0.1) is 5.92 Å². The van der Waals surface area contributed by atoms with Crippen molar-refractivity contribution in [3.05, 3.63) is 35.4 Å². The van der Waals surface area contributed by atoms with E-state index in [1.807, 2.05) is 0 Å². The largest absolute Gasteiger partial charge is 0.373 e. The number of hydrogen-bond donors (Lipinski definition) is 0. The van der Waals surface area contributed by atoms with Crippen LogP contribution in [0.5, 0.6) is 0 Å². The highest BCUT2D eigenvalue weighted by atomic mass is 16.5. The van der Waals surface area contributed by atoms with Gasteiger partial charge in [0.25, 0.3) is 0 Å². The highest BCUT2D eigenvalue weighted by Gasteiger charge is 2.23. The predicted molar refractivity (Wildman–Crippen MR) is 99.1 cm³/mol. The predicted octanol–water partition coefficient (Wildman–Crippen LogP) is 4.66. The molecular weight excluding hydrogens is 282 g/mol. The molecule has 0 aliphatic carbocycles. The molecule has 0 radical (unpaired) electrons. The summed E-state index contributed by atoms with van der Waals surface area (Å²) in [4.78, 5) is 2.57. The fourth-order valence-electron chi connectivity index (χ4n) is 3.66. The van der Waals surface area contributed by atoms with Crippen LogP contribution in [0.1, 0.15) is 59.1 Å². The Kier molecular flexibility index (Phi) is 6.27. The van der Waals surface area contributed by atoms with Gasteiger partial charge in [0, 0.05) is 19.6 Å². The summed E-state index contributed by atoms with van der Waals surface area (Å²) in [6.07, 6.45) is 3.06. The number of nitrogens with zero attached hydrogens (tertiary/aromatic N) is 1. The van der Waals surface area contributed by atoms with E-state index in [9.17, 15) is 0 Å². The van der Waals surface area contributed by atoms with Crippen molar-refractivity contribution in [2.45, 2.75) is 72.0 Å². The summed E-state index contributed by atoms with van der Waals surface area (Å²) in [6, 6.07) is 9.22. The number of hydrogen-bond acceptors (Lipinski definition) is 2. The Morgan fingerprint density at radius 3 is 2.48 bits per heavy atom. The normalized spacial score (nSPS) is 24.6. The lowest BCUT2D eigenvalue weighted by atomic mass is 9.81. The van der Waals surface area contributed by atoms with E-state index < -0.39 is 0 Å². The monoisotopic (exact) mass is 317 g/mol. The fourth-order valence-corrected chi connectivity index (χ4v) is 3.66. The van der Waals surface area contributed by atoms with Gasteiger partial charge in [-0.3, -0.25) is 4.90 Å². The van der Waals surface area contributed by atoms with Gasteiger partial charge in [-0.25, -0.2) is 0 Å². The van der Waals surface area contributed by atoms with Crippen molar-refractivity contribution in [3.63, 3.8) is 0 Å². The molecule has 130 valence electrons. The molecule has 0 amide bonds. The zero-order chi connectivity index (χ0) is 17.0. The maximum atomic E-state index is 5.84. The SMILES string of the molecule is CCC(C)(C)c1cccc(C[C@@H](C)CN2C[C@@H](C)O[C@@H](C)C2)c1. The van der Waals surface area contributed by atoms with Gasteiger partial charge in [0.2, 0.25) is 0 Å². The first-order valence-electron chi connectivity index (χ1n) is 9.27. The molecule has 1 fully saturated rings. The minimum absolute atomic E-state index is 0.272. The van der Waals surface area contributed by atoms with Gasteiger partial charge >= 0.3 is 0 Å². The molecule has 2 rings (SSSR count). The van der Waals surface area contributed by atoms with Gasteiger partial charge < -0.3 is 4.74 Å². The molecule has 0 saturated carbocycles. The Morgan fingerprint density at radius 1 is 1.22 bits per heavy atom. The number of morpholine rings is 1. The molecule has 2 nitrogen and oxygen atoms in total. The zero-order valence-electron chi connectivity index (χ0n) is 15.9. The maximum Gasteiger partial charge on any atom is 0.0678 e. The van der Waals surface area contributed by atoms with Crippen LogP contribution in [0.2, 0.25) is 0 Å². The second kappa shape index (κ2) is 7.81. The Morgan fingerprint density at radius 2 is 1.87 bits per heavy atom. The summed E-state index contributed by atoms with van der Waals surface area (Å²) in [5.74, 6) is 0.674. The van der Waals surface area contributed by atoms with Gasteiger partial charge in [-0.1, -0.05) is 52.0 Å². The van der Waals surface area contributed by atoms with E-state index in [0.717, 1.165) is 19.5 Å². The van der Waals surface area contributed by atoms with E-state index in [0.29, 0.717) is 18.1 Å². The summed E-state index contributed by atoms with van der Waals surface area (Å²) in [6.45, 7) is 17.0. The van der Waals surface area contributed by atoms with Gasteiger partial charge in [-0.05, 0) is 49.1 Å². The van der Waals surface area contributed by atoms with Crippen LogP contribution in [0.15, 0.2) is 24.3 Å². The standard InChI is InChI=1S/C21H35NO/c1-7-21(5,6)20-10-8-9-19(12-20)11-16(2)13-22-14-17(3)23-18(4)15-22/h8-10,12,16-18H,7,11,13-15H2,1-6H3/t16-,17-,18+/m1/s1. The van der Waals surface area contributed by atoms with Crippen LogP contribution in [0.4, 0.5) is 0 Å². The lowest BCUT2D eigenvalue weighted by molar-refractivity contribution is -0.0708. The van der Waals surface area contributed by atoms with Crippen LogP contribution < -0.4 is 0 Å². The molecule has 23 heavy (non-hydrogen) atoms. The van der Waals surface area contributed by atoms with E-state index >= 15 is 0 Å². The van der Waals surface area contributed by atoms with Crippen LogP contribution in [-0.2, 0) is 16.6 Å². The third-order valence-electron chi connectivity index (χ3n) is 5.24. The molecule has 3 atom stereocenters. The second-order valence-corrected chi connectivity index (χ2v) is 8.22. The Hall–Kier alpha value is -0.860. The first-order chi connectivity index (χ1) is 10.8. The van der Waals surface area contributed by atoms with E-state index in [4.69, 9.17) is 4.74 Å². The lowest BCUT2D eigenvalue weighted by Gasteiger charge is -2.36. The van der Waals surface area contributed by atoms with Gasteiger partial charge in [-0.2, -0.15) is 0 Å². The minimum atomic E-state index is 0.272. The van der Waals surface area contributed by atoms with Crippen molar-refractivity contribution in [1.29, 1.82) is 0 Å². The molecule has 1 aliphatic rings. The Balaban J connectivity index is 1.95. The molecule has 0 N–H and O–H groups in total. The summed E-state index contributed by atoms with van der Waals surface area (Å²) >= 11 is 0. The summed E-state index contributed by atoms with van der Waals surface area (Å²) < 4.78 is 5.84. The van der Waals surface area contributed by atoms with Crippen LogP contribution in [0.25, 0.3) is 0 Å². The average Bonchev–Trinajstić information content (AvgIpc) is 2.46. The topological polar surface area (TPSA) is 12.5 Å². The molecule has 0 aromatic heterocycles. The van der Waals surface area contributed by atoms with Crippen LogP contribution in [0.3, 0.4) is 0 Å². The number of rotatable bonds is 6. The molecule has 0 bridgehead atoms. The van der Waals surface area contributed by atoms with Gasteiger partial charge in [0.05, 0.1) is 12.2 Å². The van der Waals surface area contributed by atoms with Crippen LogP contribution >= 0.6 is 0 Å². The van der Waals surface area contributed by atoms with Crippen molar-refractivity contribution in [3.8, 4) is 0 Å². The highest BCUT2D eigenvalue weighted by Crippen LogP contribution is 2.27. The second-order valence-electron chi connectivity index (χ2n) is 8.22. The molecule has 1 aliphatic heterocycles. The third-order valence-corrected chi connectivity index (χ3v) is 5.24. The van der Waals surface area contributed by atoms with Gasteiger partial charge in [-0.15, -0.1) is 0 Å². The van der Waals surface area contributed by atoms with E-state index in [2.05, 4.69) is 70.7 Å². The van der Waals surface area contributed by atoms with Crippen molar-refractivity contribution in [1.82, 2.24) is 4.90 Å². The van der Waals surface area contributed by atoms with Crippen molar-refractivity contribution < 1.29 is 4.74 Å². The quantitative estimate of drug-likeness (QED) is 0.756. The first kappa shape index (κ1) is 18.5. The first-order valence-corrected chi connectivity index (χ1v) is 9.27.